The second-order valence-electron chi connectivity index (χ2n) is 18.2. The maximum Gasteiger partial charge on any atom is 0.410 e. The number of esters is 4. The van der Waals surface area contributed by atoms with E-state index in [1.807, 2.05) is 85.0 Å². The van der Waals surface area contributed by atoms with E-state index in [0.717, 1.165) is 27.4 Å². The summed E-state index contributed by atoms with van der Waals surface area (Å²) >= 11 is 0. The number of carbonyl (C=O) groups is 6. The first-order valence-electron chi connectivity index (χ1n) is 22.8. The fourth-order valence-electron chi connectivity index (χ4n) is 8.70. The summed E-state index contributed by atoms with van der Waals surface area (Å²) in [4.78, 5) is 88.7. The Morgan fingerprint density at radius 3 is 1.57 bits per heavy atom. The monoisotopic (exact) mass is 918 g/mol. The van der Waals surface area contributed by atoms with Crippen LogP contribution in [0.1, 0.15) is 121 Å². The number of hydrogen-bond acceptors (Lipinski definition) is 13. The van der Waals surface area contributed by atoms with Gasteiger partial charge in [-0.15, -0.1) is 0 Å². The van der Waals surface area contributed by atoms with E-state index in [1.54, 1.807) is 37.5 Å². The lowest BCUT2D eigenvalue weighted by Crippen LogP contribution is -2.47. The normalized spacial score (nSPS) is 17.0. The minimum Gasteiger partial charge on any atom is -0.468 e. The van der Waals surface area contributed by atoms with E-state index in [9.17, 15) is 28.8 Å². The Morgan fingerprint density at radius 1 is 0.672 bits per heavy atom. The molecule has 0 N–H and O–H groups in total. The van der Waals surface area contributed by atoms with Gasteiger partial charge in [-0.2, -0.15) is 0 Å². The van der Waals surface area contributed by atoms with Crippen molar-refractivity contribution >= 4 is 69.8 Å². The Morgan fingerprint density at radius 2 is 1.12 bits per heavy atom. The molecule has 356 valence electrons. The maximum absolute atomic E-state index is 13.4. The molecule has 0 unspecified atom stereocenters. The minimum atomic E-state index is -0.955. The summed E-state index contributed by atoms with van der Waals surface area (Å²) in [6.07, 6.45) is 8.38. The summed E-state index contributed by atoms with van der Waals surface area (Å²) in [5.74, 6) is -1.53. The van der Waals surface area contributed by atoms with Crippen LogP contribution in [0.3, 0.4) is 0 Å². The Labute approximate surface area is 391 Å². The number of piperidine rings is 2. The molecule has 0 spiro atoms. The number of ether oxygens (including phenoxy) is 5. The number of fused-ring (bicyclic) bond motifs is 2. The van der Waals surface area contributed by atoms with Gasteiger partial charge in [-0.1, -0.05) is 60.7 Å². The van der Waals surface area contributed by atoms with Crippen LogP contribution in [0.5, 0.6) is 0 Å². The molecule has 0 bridgehead atoms. The standard InChI is InChI=1S/C52H62N4O11/c1-34(65-37(4)58)42-17-15-40-13-11-39(32-44(40)53-42)20-23-52(48(61)64-8)26-30-56(31-27-52)49(62)67-50(5,6)21-9-10-46(59)66-35(2)43-18-16-41-14-12-38(33-45(41)54-43)19-22-51(47(60)63-7)24-28-55(29-25-51)36(3)57/h11-20,22-23,32-35H,9-10,21,24-31H2,1-8H3/b22-19+,23-20+/t34-,35-/m1/s1. The van der Waals surface area contributed by atoms with Crippen LogP contribution in [0.4, 0.5) is 4.79 Å². The van der Waals surface area contributed by atoms with Gasteiger partial charge in [0.2, 0.25) is 5.91 Å². The van der Waals surface area contributed by atoms with Crippen molar-refractivity contribution in [3.8, 4) is 0 Å². The van der Waals surface area contributed by atoms with Crippen molar-refractivity contribution < 1.29 is 52.5 Å². The molecule has 2 aliphatic heterocycles. The number of carbonyl (C=O) groups excluding carboxylic acids is 6. The van der Waals surface area contributed by atoms with Crippen molar-refractivity contribution in [1.82, 2.24) is 19.8 Å². The van der Waals surface area contributed by atoms with Gasteiger partial charge in [0.25, 0.3) is 0 Å². The fourth-order valence-corrected chi connectivity index (χ4v) is 8.70. The molecule has 67 heavy (non-hydrogen) atoms. The van der Waals surface area contributed by atoms with Crippen molar-refractivity contribution in [2.45, 2.75) is 104 Å². The molecule has 2 aromatic carbocycles. The molecule has 6 rings (SSSR count). The van der Waals surface area contributed by atoms with Crippen LogP contribution in [0, 0.1) is 10.8 Å². The number of rotatable bonds is 15. The van der Waals surface area contributed by atoms with E-state index in [-0.39, 0.29) is 43.3 Å². The van der Waals surface area contributed by atoms with Gasteiger partial charge in [-0.3, -0.25) is 24.0 Å². The van der Waals surface area contributed by atoms with Gasteiger partial charge in [0.15, 0.2) is 0 Å². The zero-order chi connectivity index (χ0) is 48.5. The number of pyridine rings is 2. The first kappa shape index (κ1) is 49.8. The van der Waals surface area contributed by atoms with Gasteiger partial charge in [0, 0.05) is 57.2 Å². The van der Waals surface area contributed by atoms with Gasteiger partial charge in [0.05, 0.1) is 47.5 Å². The lowest BCUT2D eigenvalue weighted by Gasteiger charge is -2.38. The molecule has 15 heteroatoms. The van der Waals surface area contributed by atoms with Crippen molar-refractivity contribution in [2.24, 2.45) is 10.8 Å². The summed E-state index contributed by atoms with van der Waals surface area (Å²) in [6.45, 7) is 11.5. The van der Waals surface area contributed by atoms with Crippen LogP contribution in [0.15, 0.2) is 72.8 Å². The maximum atomic E-state index is 13.4. The fraction of sp³-hybridized carbons (Fsp3) is 0.462. The van der Waals surface area contributed by atoms with E-state index >= 15 is 0 Å². The third kappa shape index (κ3) is 12.4. The molecule has 2 atom stereocenters. The van der Waals surface area contributed by atoms with Gasteiger partial charge in [0.1, 0.15) is 17.8 Å². The lowest BCUT2D eigenvalue weighted by atomic mass is 9.77. The van der Waals surface area contributed by atoms with Crippen LogP contribution in [0.25, 0.3) is 34.0 Å². The van der Waals surface area contributed by atoms with Crippen molar-refractivity contribution in [2.75, 3.05) is 40.4 Å². The molecular formula is C52H62N4O11. The zero-order valence-corrected chi connectivity index (χ0v) is 39.8. The first-order valence-corrected chi connectivity index (χ1v) is 22.8. The lowest BCUT2D eigenvalue weighted by molar-refractivity contribution is -0.154. The van der Waals surface area contributed by atoms with E-state index < -0.39 is 40.7 Å². The summed E-state index contributed by atoms with van der Waals surface area (Å²) in [5, 5.41) is 1.81. The smallest absolute Gasteiger partial charge is 0.410 e. The highest BCUT2D eigenvalue weighted by Gasteiger charge is 2.43. The molecule has 0 saturated carbocycles. The van der Waals surface area contributed by atoms with Crippen LogP contribution in [-0.2, 0) is 47.7 Å². The predicted molar refractivity (Wildman–Crippen MR) is 252 cm³/mol. The van der Waals surface area contributed by atoms with Gasteiger partial charge in [-0.25, -0.2) is 14.8 Å². The molecule has 4 aromatic rings. The molecule has 2 fully saturated rings. The van der Waals surface area contributed by atoms with Crippen LogP contribution in [-0.4, -0.2) is 102 Å². The van der Waals surface area contributed by atoms with Crippen LogP contribution in [0.2, 0.25) is 0 Å². The van der Waals surface area contributed by atoms with Gasteiger partial charge < -0.3 is 33.5 Å². The topological polar surface area (TPSA) is 181 Å². The van der Waals surface area contributed by atoms with E-state index in [1.165, 1.54) is 28.1 Å². The quantitative estimate of drug-likeness (QED) is 0.0816. The number of methoxy groups -OCH3 is 2. The Bertz CT molecular complexity index is 2550. The molecule has 2 saturated heterocycles. The van der Waals surface area contributed by atoms with Crippen LogP contribution < -0.4 is 0 Å². The van der Waals surface area contributed by atoms with Crippen LogP contribution >= 0.6 is 0 Å². The summed E-state index contributed by atoms with van der Waals surface area (Å²) in [6, 6.07) is 19.1. The number of likely N-dealkylation sites (tertiary alicyclic amines) is 2. The Kier molecular flexibility index (Phi) is 15.8. The van der Waals surface area contributed by atoms with Crippen molar-refractivity contribution in [1.29, 1.82) is 0 Å². The molecule has 2 amide bonds. The summed E-state index contributed by atoms with van der Waals surface area (Å²) in [7, 11) is 2.73. The number of nitrogens with zero attached hydrogens (tertiary/aromatic N) is 4. The summed E-state index contributed by atoms with van der Waals surface area (Å²) < 4.78 is 27.4. The number of amides is 2. The number of aromatic nitrogens is 2. The highest BCUT2D eigenvalue weighted by molar-refractivity contribution is 5.85. The minimum absolute atomic E-state index is 0.0166. The molecule has 4 heterocycles. The largest absolute Gasteiger partial charge is 0.468 e. The van der Waals surface area contributed by atoms with Gasteiger partial charge >= 0.3 is 30.0 Å². The zero-order valence-electron chi connectivity index (χ0n) is 39.8. The Balaban J connectivity index is 0.989. The Hall–Kier alpha value is -6.64. The third-order valence-electron chi connectivity index (χ3n) is 12.9. The SMILES string of the molecule is COC(=O)C1(/C=C/c2ccc3ccc([C@@H](C)OC(=O)CCCC(C)(C)OC(=O)N4CCC(/C=C/c5ccc6ccc([C@@H](C)OC(C)=O)nc6c5)(C(=O)OC)CC4)nc3c2)CCN(C(C)=O)CC1. The van der Waals surface area contributed by atoms with Crippen molar-refractivity contribution in [3.63, 3.8) is 0 Å². The molecule has 2 aliphatic rings. The molecule has 2 aromatic heterocycles. The third-order valence-corrected chi connectivity index (χ3v) is 12.9. The second kappa shape index (κ2) is 21.3. The second-order valence-corrected chi connectivity index (χ2v) is 18.2. The first-order chi connectivity index (χ1) is 31.8. The van der Waals surface area contributed by atoms with E-state index in [2.05, 4.69) is 0 Å². The molecular weight excluding hydrogens is 857 g/mol. The molecule has 15 nitrogen and oxygen atoms in total. The predicted octanol–water partition coefficient (Wildman–Crippen LogP) is 8.88. The van der Waals surface area contributed by atoms with Crippen molar-refractivity contribution in [3.05, 3.63) is 95.3 Å². The van der Waals surface area contributed by atoms with Gasteiger partial charge in [-0.05, 0) is 102 Å². The molecule has 0 aliphatic carbocycles. The average molecular weight is 919 g/mol. The van der Waals surface area contributed by atoms with E-state index in [0.29, 0.717) is 68.5 Å². The van der Waals surface area contributed by atoms with E-state index in [4.69, 9.17) is 33.7 Å². The average Bonchev–Trinajstić information content (AvgIpc) is 3.31. The molecule has 0 radical (unpaired) electrons. The highest BCUT2D eigenvalue weighted by atomic mass is 16.6. The number of hydrogen-bond donors (Lipinski definition) is 0. The highest BCUT2D eigenvalue weighted by Crippen LogP contribution is 2.38. The summed E-state index contributed by atoms with van der Waals surface area (Å²) in [5.41, 5.74) is 1.62. The number of benzene rings is 2.